The molecule has 138 valence electrons. The number of aryl methyl sites for hydroxylation is 1. The summed E-state index contributed by atoms with van der Waals surface area (Å²) in [5, 5.41) is 2.90. The van der Waals surface area contributed by atoms with Crippen LogP contribution in [0.4, 0.5) is 5.69 Å². The van der Waals surface area contributed by atoms with E-state index in [-0.39, 0.29) is 17.2 Å². The smallest absolute Gasteiger partial charge is 0.251 e. The summed E-state index contributed by atoms with van der Waals surface area (Å²) < 4.78 is 0. The molecule has 0 unspecified atom stereocenters. The van der Waals surface area contributed by atoms with Crippen molar-refractivity contribution in [2.24, 2.45) is 0 Å². The lowest BCUT2D eigenvalue weighted by atomic mass is 9.87. The first kappa shape index (κ1) is 19.7. The number of nitrogens with zero attached hydrogens (tertiary/aromatic N) is 1. The second-order valence-corrected chi connectivity index (χ2v) is 7.54. The second-order valence-electron chi connectivity index (χ2n) is 7.54. The molecule has 0 atom stereocenters. The molecule has 2 aromatic carbocycles. The molecular weight excluding hydrogens is 324 g/mol. The van der Waals surface area contributed by atoms with Gasteiger partial charge in [-0.2, -0.15) is 0 Å². The fraction of sp³-hybridized carbons (Fsp3) is 0.364. The molecule has 26 heavy (non-hydrogen) atoms. The van der Waals surface area contributed by atoms with Crippen molar-refractivity contribution in [2.45, 2.75) is 40.0 Å². The van der Waals surface area contributed by atoms with Crippen LogP contribution in [-0.2, 0) is 10.2 Å². The van der Waals surface area contributed by atoms with Gasteiger partial charge in [0.05, 0.1) is 0 Å². The molecule has 2 rings (SSSR count). The van der Waals surface area contributed by atoms with Crippen molar-refractivity contribution < 1.29 is 9.59 Å². The van der Waals surface area contributed by atoms with Crippen molar-refractivity contribution in [3.8, 4) is 0 Å². The summed E-state index contributed by atoms with van der Waals surface area (Å²) in [6, 6.07) is 15.4. The van der Waals surface area contributed by atoms with Crippen LogP contribution < -0.4 is 10.2 Å². The number of rotatable bonds is 5. The Hall–Kier alpha value is -2.62. The molecule has 0 aromatic heterocycles. The van der Waals surface area contributed by atoms with Crippen LogP contribution in [0.15, 0.2) is 48.5 Å². The van der Waals surface area contributed by atoms with Crippen molar-refractivity contribution in [1.29, 1.82) is 0 Å². The minimum absolute atomic E-state index is 0.0388. The Balaban J connectivity index is 1.98. The number of carbonyl (C=O) groups excluding carboxylic acids is 2. The number of amides is 2. The first-order chi connectivity index (χ1) is 12.2. The average Bonchev–Trinajstić information content (AvgIpc) is 2.58. The second kappa shape index (κ2) is 8.17. The summed E-state index contributed by atoms with van der Waals surface area (Å²) in [6.45, 7) is 10.8. The van der Waals surface area contributed by atoms with Crippen molar-refractivity contribution in [3.63, 3.8) is 0 Å². The van der Waals surface area contributed by atoms with Gasteiger partial charge in [-0.15, -0.1) is 0 Å². The highest BCUT2D eigenvalue weighted by Crippen LogP contribution is 2.22. The van der Waals surface area contributed by atoms with Crippen molar-refractivity contribution in [1.82, 2.24) is 5.32 Å². The van der Waals surface area contributed by atoms with Gasteiger partial charge in [-0.25, -0.2) is 0 Å². The molecule has 1 N–H and O–H groups in total. The Morgan fingerprint density at radius 1 is 1.00 bits per heavy atom. The number of benzene rings is 2. The van der Waals surface area contributed by atoms with Gasteiger partial charge in [0.1, 0.15) is 0 Å². The molecule has 2 aromatic rings. The largest absolute Gasteiger partial charge is 0.350 e. The lowest BCUT2D eigenvalue weighted by Gasteiger charge is -2.23. The summed E-state index contributed by atoms with van der Waals surface area (Å²) in [6.07, 6.45) is 0. The minimum atomic E-state index is -0.126. The van der Waals surface area contributed by atoms with Crippen LogP contribution >= 0.6 is 0 Å². The van der Waals surface area contributed by atoms with E-state index in [9.17, 15) is 9.59 Å². The van der Waals surface area contributed by atoms with Gasteiger partial charge in [-0.3, -0.25) is 9.59 Å². The molecule has 0 spiro atoms. The molecule has 2 amide bonds. The maximum atomic E-state index is 12.3. The molecule has 0 radical (unpaired) electrons. The molecule has 0 aliphatic rings. The topological polar surface area (TPSA) is 49.4 Å². The first-order valence-electron chi connectivity index (χ1n) is 8.92. The molecule has 0 saturated heterocycles. The van der Waals surface area contributed by atoms with Gasteiger partial charge in [0.2, 0.25) is 5.91 Å². The van der Waals surface area contributed by atoms with Crippen LogP contribution in [0.3, 0.4) is 0 Å². The quantitative estimate of drug-likeness (QED) is 0.882. The van der Waals surface area contributed by atoms with E-state index in [1.165, 1.54) is 5.56 Å². The zero-order chi connectivity index (χ0) is 19.3. The molecule has 4 heteroatoms. The van der Waals surface area contributed by atoms with E-state index in [1.807, 2.05) is 55.5 Å². The van der Waals surface area contributed by atoms with E-state index < -0.39 is 0 Å². The van der Waals surface area contributed by atoms with Gasteiger partial charge < -0.3 is 10.2 Å². The van der Waals surface area contributed by atoms with E-state index in [2.05, 4.69) is 26.1 Å². The van der Waals surface area contributed by atoms with Crippen LogP contribution in [0.25, 0.3) is 0 Å². The molecule has 0 aliphatic heterocycles. The Morgan fingerprint density at radius 3 is 2.15 bits per heavy atom. The van der Waals surface area contributed by atoms with E-state index in [0.717, 1.165) is 11.3 Å². The van der Waals surface area contributed by atoms with Gasteiger partial charge in [0, 0.05) is 31.3 Å². The highest BCUT2D eigenvalue weighted by molar-refractivity contribution is 5.95. The summed E-state index contributed by atoms with van der Waals surface area (Å²) in [7, 11) is 0. The van der Waals surface area contributed by atoms with E-state index in [4.69, 9.17) is 0 Å². The number of hydrogen-bond donors (Lipinski definition) is 1. The highest BCUT2D eigenvalue weighted by Gasteiger charge is 2.16. The van der Waals surface area contributed by atoms with Crippen LogP contribution in [0.5, 0.6) is 0 Å². The summed E-state index contributed by atoms with van der Waals surface area (Å²) in [4.78, 5) is 26.0. The molecule has 0 fully saturated rings. The first-order valence-corrected chi connectivity index (χ1v) is 8.92. The monoisotopic (exact) mass is 352 g/mol. The van der Waals surface area contributed by atoms with Gasteiger partial charge in [0.15, 0.2) is 0 Å². The van der Waals surface area contributed by atoms with Gasteiger partial charge in [-0.05, 0) is 41.7 Å². The maximum Gasteiger partial charge on any atom is 0.251 e. The lowest BCUT2D eigenvalue weighted by Crippen LogP contribution is -2.37. The van der Waals surface area contributed by atoms with Crippen molar-refractivity contribution >= 4 is 17.5 Å². The van der Waals surface area contributed by atoms with Crippen LogP contribution in [0.1, 0.15) is 49.2 Å². The third-order valence-corrected chi connectivity index (χ3v) is 4.42. The SMILES string of the molecule is CC(=O)N(CCNC(=O)c1ccc(C(C)(C)C)cc1)c1ccccc1C. The zero-order valence-corrected chi connectivity index (χ0v) is 16.3. The third-order valence-electron chi connectivity index (χ3n) is 4.42. The summed E-state index contributed by atoms with van der Waals surface area (Å²) in [5.74, 6) is -0.165. The Morgan fingerprint density at radius 2 is 1.62 bits per heavy atom. The Bertz CT molecular complexity index is 773. The predicted molar refractivity (Wildman–Crippen MR) is 107 cm³/mol. The van der Waals surface area contributed by atoms with Crippen LogP contribution in [0, 0.1) is 6.92 Å². The lowest BCUT2D eigenvalue weighted by molar-refractivity contribution is -0.116. The van der Waals surface area contributed by atoms with E-state index in [1.54, 1.807) is 11.8 Å². The number of nitrogens with one attached hydrogen (secondary N) is 1. The standard InChI is InChI=1S/C22H28N2O2/c1-16-8-6-7-9-20(16)24(17(2)25)15-14-23-21(26)18-10-12-19(13-11-18)22(3,4)5/h6-13H,14-15H2,1-5H3,(H,23,26). The molecule has 4 nitrogen and oxygen atoms in total. The number of carbonyl (C=O) groups is 2. The van der Waals surface area contributed by atoms with E-state index >= 15 is 0 Å². The van der Waals surface area contributed by atoms with E-state index in [0.29, 0.717) is 18.7 Å². The third kappa shape index (κ3) is 4.94. The number of para-hydroxylation sites is 1. The maximum absolute atomic E-state index is 12.3. The van der Waals surface area contributed by atoms with Crippen LogP contribution in [0.2, 0.25) is 0 Å². The molecular formula is C22H28N2O2. The number of hydrogen-bond acceptors (Lipinski definition) is 2. The van der Waals surface area contributed by atoms with Crippen LogP contribution in [-0.4, -0.2) is 24.9 Å². The molecule has 0 aliphatic carbocycles. The zero-order valence-electron chi connectivity index (χ0n) is 16.3. The molecule has 0 bridgehead atoms. The van der Waals surface area contributed by atoms with Crippen molar-refractivity contribution in [3.05, 3.63) is 65.2 Å². The fourth-order valence-corrected chi connectivity index (χ4v) is 2.82. The number of anilines is 1. The highest BCUT2D eigenvalue weighted by atomic mass is 16.2. The predicted octanol–water partition coefficient (Wildman–Crippen LogP) is 4.08. The van der Waals surface area contributed by atoms with Gasteiger partial charge in [-0.1, -0.05) is 51.1 Å². The van der Waals surface area contributed by atoms with Gasteiger partial charge in [0.25, 0.3) is 5.91 Å². The fourth-order valence-electron chi connectivity index (χ4n) is 2.82. The molecule has 0 heterocycles. The Kier molecular flexibility index (Phi) is 6.19. The molecule has 0 saturated carbocycles. The summed E-state index contributed by atoms with van der Waals surface area (Å²) in [5.41, 5.74) is 3.79. The normalized spacial score (nSPS) is 11.1. The van der Waals surface area contributed by atoms with Gasteiger partial charge >= 0.3 is 0 Å². The minimum Gasteiger partial charge on any atom is -0.350 e. The average molecular weight is 352 g/mol. The summed E-state index contributed by atoms with van der Waals surface area (Å²) >= 11 is 0. The Labute approximate surface area is 156 Å². The van der Waals surface area contributed by atoms with Crippen molar-refractivity contribution in [2.75, 3.05) is 18.0 Å².